The van der Waals surface area contributed by atoms with Crippen LogP contribution in [0, 0.1) is 5.92 Å². The molecule has 1 fully saturated rings. The number of sulfonamides is 1. The van der Waals surface area contributed by atoms with Crippen molar-refractivity contribution in [3.8, 4) is 0 Å². The number of hydrogen-bond acceptors (Lipinski definition) is 4. The first-order valence-electron chi connectivity index (χ1n) is 9.19. The van der Waals surface area contributed by atoms with E-state index >= 15 is 0 Å². The van der Waals surface area contributed by atoms with E-state index < -0.39 is 15.3 Å². The van der Waals surface area contributed by atoms with Crippen LogP contribution in [-0.2, 0) is 10.0 Å². The highest BCUT2D eigenvalue weighted by Crippen LogP contribution is 2.35. The first kappa shape index (κ1) is 19.4. The third kappa shape index (κ3) is 5.07. The van der Waals surface area contributed by atoms with Crippen molar-refractivity contribution in [2.45, 2.75) is 30.9 Å². The molecule has 6 nitrogen and oxygen atoms in total. The molecule has 3 rings (SSSR count). The van der Waals surface area contributed by atoms with E-state index in [1.807, 2.05) is 6.07 Å². The Labute approximate surface area is 160 Å². The molecule has 1 atom stereocenters. The molecule has 1 aliphatic carbocycles. The lowest BCUT2D eigenvalue weighted by Gasteiger charge is -2.26. The second kappa shape index (κ2) is 8.52. The van der Waals surface area contributed by atoms with Gasteiger partial charge in [-0.25, -0.2) is 8.42 Å². The van der Waals surface area contributed by atoms with Crippen LogP contribution in [0.5, 0.6) is 0 Å². The molecule has 144 valence electrons. The van der Waals surface area contributed by atoms with Crippen LogP contribution in [0.4, 0.5) is 5.69 Å². The number of benzene rings is 1. The van der Waals surface area contributed by atoms with Gasteiger partial charge in [0, 0.05) is 25.4 Å². The smallest absolute Gasteiger partial charge is 0.251 e. The Morgan fingerprint density at radius 2 is 1.96 bits per heavy atom. The van der Waals surface area contributed by atoms with Crippen molar-refractivity contribution in [2.75, 3.05) is 17.9 Å². The first-order chi connectivity index (χ1) is 13.0. The number of nitrogens with one attached hydrogen (secondary N) is 1. The minimum absolute atomic E-state index is 0.0907. The van der Waals surface area contributed by atoms with Crippen molar-refractivity contribution in [2.24, 2.45) is 5.92 Å². The molecule has 1 aromatic carbocycles. The number of carbonyl (C=O) groups is 1. The van der Waals surface area contributed by atoms with Gasteiger partial charge in [-0.3, -0.25) is 14.1 Å². The highest BCUT2D eigenvalue weighted by Gasteiger charge is 2.32. The number of amides is 1. The quantitative estimate of drug-likeness (QED) is 0.718. The molecule has 0 aliphatic heterocycles. The second-order valence-corrected chi connectivity index (χ2v) is 9.19. The highest BCUT2D eigenvalue weighted by molar-refractivity contribution is 7.93. The van der Waals surface area contributed by atoms with Crippen LogP contribution in [0.2, 0.25) is 0 Å². The number of pyridine rings is 1. The molecular weight excluding hydrogens is 362 g/mol. The molecule has 0 radical (unpaired) electrons. The summed E-state index contributed by atoms with van der Waals surface area (Å²) in [5.41, 5.74) is 1.04. The van der Waals surface area contributed by atoms with E-state index in [9.17, 15) is 13.2 Å². The monoisotopic (exact) mass is 387 g/mol. The van der Waals surface area contributed by atoms with Crippen LogP contribution in [0.15, 0.2) is 54.9 Å². The van der Waals surface area contributed by atoms with E-state index in [2.05, 4.69) is 10.3 Å². The first-order valence-corrected chi connectivity index (χ1v) is 10.7. The fourth-order valence-corrected chi connectivity index (χ4v) is 4.57. The SMILES string of the molecule is CN(c1cccnc1)S(=O)(=O)C(CCC1CC1)CNC(=O)c1ccccc1. The molecule has 1 aromatic heterocycles. The van der Waals surface area contributed by atoms with Gasteiger partial charge in [0.25, 0.3) is 5.91 Å². The van der Waals surface area contributed by atoms with Gasteiger partial charge in [0.1, 0.15) is 0 Å². The number of aromatic nitrogens is 1. The number of nitrogens with zero attached hydrogens (tertiary/aromatic N) is 2. The maximum Gasteiger partial charge on any atom is 0.251 e. The van der Waals surface area contributed by atoms with Crippen LogP contribution < -0.4 is 9.62 Å². The van der Waals surface area contributed by atoms with Crippen LogP contribution in [0.25, 0.3) is 0 Å². The van der Waals surface area contributed by atoms with E-state index in [4.69, 9.17) is 0 Å². The number of hydrogen-bond donors (Lipinski definition) is 1. The van der Waals surface area contributed by atoms with E-state index in [0.717, 1.165) is 6.42 Å². The molecule has 1 aliphatic rings. The molecule has 7 heteroatoms. The largest absolute Gasteiger partial charge is 0.351 e. The van der Waals surface area contributed by atoms with Crippen LogP contribution in [0.1, 0.15) is 36.0 Å². The number of carbonyl (C=O) groups excluding carboxylic acids is 1. The number of rotatable bonds is 9. The molecule has 1 saturated carbocycles. The van der Waals surface area contributed by atoms with Gasteiger partial charge in [-0.05, 0) is 43.0 Å². The summed E-state index contributed by atoms with van der Waals surface area (Å²) >= 11 is 0. The van der Waals surface area contributed by atoms with Crippen LogP contribution in [0.3, 0.4) is 0 Å². The minimum Gasteiger partial charge on any atom is -0.351 e. The van der Waals surface area contributed by atoms with E-state index in [1.54, 1.807) is 42.6 Å². The van der Waals surface area contributed by atoms with E-state index in [0.29, 0.717) is 23.6 Å². The summed E-state index contributed by atoms with van der Waals surface area (Å²) in [5.74, 6) is 0.363. The molecule has 27 heavy (non-hydrogen) atoms. The van der Waals surface area contributed by atoms with E-state index in [1.165, 1.54) is 30.4 Å². The minimum atomic E-state index is -3.62. The van der Waals surface area contributed by atoms with Gasteiger partial charge >= 0.3 is 0 Å². The normalized spacial score (nSPS) is 15.1. The molecular formula is C20H25N3O3S. The standard InChI is InChI=1S/C20H25N3O3S/c1-23(18-8-5-13-21-14-18)27(25,26)19(12-11-16-9-10-16)15-22-20(24)17-6-3-2-4-7-17/h2-8,13-14,16,19H,9-12,15H2,1H3,(H,22,24). The van der Waals surface area contributed by atoms with Gasteiger partial charge in [0.15, 0.2) is 0 Å². The average molecular weight is 388 g/mol. The summed E-state index contributed by atoms with van der Waals surface area (Å²) in [6.45, 7) is 0.0907. The number of anilines is 1. The molecule has 1 N–H and O–H groups in total. The van der Waals surface area contributed by atoms with Crippen molar-refractivity contribution in [3.63, 3.8) is 0 Å². The zero-order valence-electron chi connectivity index (χ0n) is 15.4. The van der Waals surface area contributed by atoms with Crippen molar-refractivity contribution in [1.29, 1.82) is 0 Å². The lowest BCUT2D eigenvalue weighted by Crippen LogP contribution is -2.43. The summed E-state index contributed by atoms with van der Waals surface area (Å²) in [4.78, 5) is 16.3. The lowest BCUT2D eigenvalue weighted by molar-refractivity contribution is 0.0953. The predicted molar refractivity (Wildman–Crippen MR) is 106 cm³/mol. The van der Waals surface area contributed by atoms with Gasteiger partial charge < -0.3 is 5.32 Å². The highest BCUT2D eigenvalue weighted by atomic mass is 32.2. The Bertz CT molecular complexity index is 853. The Morgan fingerprint density at radius 3 is 2.59 bits per heavy atom. The van der Waals surface area contributed by atoms with Crippen molar-refractivity contribution in [1.82, 2.24) is 10.3 Å². The summed E-state index contributed by atoms with van der Waals surface area (Å²) in [6.07, 6.45) is 6.87. The fourth-order valence-electron chi connectivity index (χ4n) is 2.99. The van der Waals surface area contributed by atoms with Crippen molar-refractivity contribution in [3.05, 3.63) is 60.4 Å². The zero-order chi connectivity index (χ0) is 19.3. The molecule has 0 bridgehead atoms. The zero-order valence-corrected chi connectivity index (χ0v) is 16.2. The van der Waals surface area contributed by atoms with Gasteiger partial charge in [0.05, 0.1) is 17.1 Å². The molecule has 1 amide bonds. The predicted octanol–water partition coefficient (Wildman–Crippen LogP) is 2.84. The van der Waals surface area contributed by atoms with E-state index in [-0.39, 0.29) is 12.5 Å². The van der Waals surface area contributed by atoms with Gasteiger partial charge in [-0.2, -0.15) is 0 Å². The third-order valence-corrected chi connectivity index (χ3v) is 7.15. The summed E-state index contributed by atoms with van der Waals surface area (Å²) in [7, 11) is -2.08. The topological polar surface area (TPSA) is 79.4 Å². The van der Waals surface area contributed by atoms with Crippen LogP contribution >= 0.6 is 0 Å². The van der Waals surface area contributed by atoms with Crippen molar-refractivity contribution < 1.29 is 13.2 Å². The molecule has 0 spiro atoms. The Hall–Kier alpha value is -2.41. The molecule has 0 saturated heterocycles. The molecule has 1 unspecified atom stereocenters. The third-order valence-electron chi connectivity index (χ3n) is 4.93. The molecule has 2 aromatic rings. The summed E-state index contributed by atoms with van der Waals surface area (Å²) in [6, 6.07) is 12.2. The maximum absolute atomic E-state index is 13.2. The summed E-state index contributed by atoms with van der Waals surface area (Å²) < 4.78 is 27.6. The Balaban J connectivity index is 1.72. The van der Waals surface area contributed by atoms with Crippen molar-refractivity contribution >= 4 is 21.6 Å². The fraction of sp³-hybridized carbons (Fsp3) is 0.400. The lowest BCUT2D eigenvalue weighted by atomic mass is 10.1. The summed E-state index contributed by atoms with van der Waals surface area (Å²) in [5, 5.41) is 2.12. The Kier molecular flexibility index (Phi) is 6.11. The molecule has 1 heterocycles. The maximum atomic E-state index is 13.2. The van der Waals surface area contributed by atoms with Gasteiger partial charge in [0.2, 0.25) is 10.0 Å². The second-order valence-electron chi connectivity index (χ2n) is 6.94. The average Bonchev–Trinajstić information content (AvgIpc) is 3.52. The van der Waals surface area contributed by atoms with Crippen LogP contribution in [-0.4, -0.2) is 38.2 Å². The Morgan fingerprint density at radius 1 is 1.22 bits per heavy atom. The van der Waals surface area contributed by atoms with Gasteiger partial charge in [-0.1, -0.05) is 31.0 Å². The van der Waals surface area contributed by atoms with Gasteiger partial charge in [-0.15, -0.1) is 0 Å².